The number of benzene rings is 1. The lowest BCUT2D eigenvalue weighted by atomic mass is 10.0. The number of aromatic nitrogens is 2. The highest BCUT2D eigenvalue weighted by Crippen LogP contribution is 2.49. The van der Waals surface area contributed by atoms with Gasteiger partial charge in [-0.3, -0.25) is 9.59 Å². The maximum Gasteiger partial charge on any atom is 0.238 e. The average molecular weight is 412 g/mol. The number of carbonyl (C=O) groups excluding carboxylic acids is 2. The first-order valence-electron chi connectivity index (χ1n) is 9.12. The lowest BCUT2D eigenvalue weighted by molar-refractivity contribution is -0.120. The summed E-state index contributed by atoms with van der Waals surface area (Å²) < 4.78 is 10.7. The molecule has 2 amide bonds. The summed E-state index contributed by atoms with van der Waals surface area (Å²) in [6.07, 6.45) is 1.57. The van der Waals surface area contributed by atoms with Gasteiger partial charge < -0.3 is 19.9 Å². The minimum atomic E-state index is -0.701. The molecule has 0 saturated heterocycles. The van der Waals surface area contributed by atoms with Gasteiger partial charge in [0.05, 0.1) is 30.3 Å². The molecular formula is C20H20N4O4S. The van der Waals surface area contributed by atoms with Crippen molar-refractivity contribution in [3.63, 3.8) is 0 Å². The van der Waals surface area contributed by atoms with Crippen molar-refractivity contribution in [1.82, 2.24) is 15.5 Å². The molecule has 4 rings (SSSR count). The van der Waals surface area contributed by atoms with Crippen LogP contribution >= 0.6 is 11.3 Å². The van der Waals surface area contributed by atoms with Gasteiger partial charge in [0.1, 0.15) is 5.75 Å². The second kappa shape index (κ2) is 7.67. The van der Waals surface area contributed by atoms with Crippen LogP contribution in [0, 0.1) is 0 Å². The van der Waals surface area contributed by atoms with E-state index in [1.54, 1.807) is 25.6 Å². The zero-order chi connectivity index (χ0) is 20.4. The molecule has 3 aromatic rings. The SMILES string of the molecule is CNC(=O)Cc1csc(NC(=O)C2(c3cc(-c4cccc(OC)c4)on3)CC2)n1. The molecule has 2 N–H and O–H groups in total. The maximum atomic E-state index is 12.9. The predicted octanol–water partition coefficient (Wildman–Crippen LogP) is 2.77. The Bertz CT molecular complexity index is 1050. The largest absolute Gasteiger partial charge is 0.497 e. The van der Waals surface area contributed by atoms with Gasteiger partial charge in [-0.2, -0.15) is 0 Å². The number of carbonyl (C=O) groups is 2. The molecule has 0 unspecified atom stereocenters. The van der Waals surface area contributed by atoms with Crippen LogP contribution in [0.1, 0.15) is 24.2 Å². The zero-order valence-corrected chi connectivity index (χ0v) is 16.8. The van der Waals surface area contributed by atoms with Crippen LogP contribution in [-0.4, -0.2) is 36.1 Å². The average Bonchev–Trinajstić information content (AvgIpc) is 3.19. The fourth-order valence-electron chi connectivity index (χ4n) is 3.05. The van der Waals surface area contributed by atoms with Crippen molar-refractivity contribution in [2.45, 2.75) is 24.7 Å². The van der Waals surface area contributed by atoms with Crippen LogP contribution in [0.3, 0.4) is 0 Å². The molecule has 0 spiro atoms. The van der Waals surface area contributed by atoms with E-state index in [0.29, 0.717) is 35.1 Å². The van der Waals surface area contributed by atoms with Crippen molar-refractivity contribution in [3.05, 3.63) is 47.1 Å². The number of rotatable bonds is 7. The smallest absolute Gasteiger partial charge is 0.238 e. The maximum absolute atomic E-state index is 12.9. The van der Waals surface area contributed by atoms with Crippen LogP contribution < -0.4 is 15.4 Å². The second-order valence-electron chi connectivity index (χ2n) is 6.84. The lowest BCUT2D eigenvalue weighted by Gasteiger charge is -2.10. The summed E-state index contributed by atoms with van der Waals surface area (Å²) in [4.78, 5) is 28.7. The number of nitrogens with one attached hydrogen (secondary N) is 2. The number of ether oxygens (including phenoxy) is 1. The summed E-state index contributed by atoms with van der Waals surface area (Å²) in [5, 5.41) is 11.8. The van der Waals surface area contributed by atoms with Gasteiger partial charge in [0.25, 0.3) is 0 Å². The fourth-order valence-corrected chi connectivity index (χ4v) is 3.76. The van der Waals surface area contributed by atoms with E-state index in [9.17, 15) is 9.59 Å². The predicted molar refractivity (Wildman–Crippen MR) is 108 cm³/mol. The van der Waals surface area contributed by atoms with Crippen LogP contribution in [0.2, 0.25) is 0 Å². The molecule has 2 aromatic heterocycles. The molecule has 150 valence electrons. The van der Waals surface area contributed by atoms with Gasteiger partial charge in [-0.05, 0) is 25.0 Å². The monoisotopic (exact) mass is 412 g/mol. The summed E-state index contributed by atoms with van der Waals surface area (Å²) in [7, 11) is 3.18. The summed E-state index contributed by atoms with van der Waals surface area (Å²) >= 11 is 1.29. The second-order valence-corrected chi connectivity index (χ2v) is 7.70. The Balaban J connectivity index is 1.48. The van der Waals surface area contributed by atoms with Gasteiger partial charge in [0.15, 0.2) is 10.9 Å². The highest BCUT2D eigenvalue weighted by molar-refractivity contribution is 7.14. The normalized spacial score (nSPS) is 14.3. The number of hydrogen-bond donors (Lipinski definition) is 2. The number of hydrogen-bond acceptors (Lipinski definition) is 7. The fraction of sp³-hybridized carbons (Fsp3) is 0.300. The van der Waals surface area contributed by atoms with E-state index in [1.807, 2.05) is 24.3 Å². The summed E-state index contributed by atoms with van der Waals surface area (Å²) in [6.45, 7) is 0. The molecule has 0 bridgehead atoms. The van der Waals surface area contributed by atoms with Crippen molar-refractivity contribution in [1.29, 1.82) is 0 Å². The zero-order valence-electron chi connectivity index (χ0n) is 16.0. The molecule has 0 atom stereocenters. The van der Waals surface area contributed by atoms with Crippen LogP contribution in [0.15, 0.2) is 40.2 Å². The Hall–Kier alpha value is -3.20. The molecule has 29 heavy (non-hydrogen) atoms. The van der Waals surface area contributed by atoms with Gasteiger partial charge >= 0.3 is 0 Å². The number of amides is 2. The van der Waals surface area contributed by atoms with Gasteiger partial charge in [0, 0.05) is 24.1 Å². The van der Waals surface area contributed by atoms with E-state index in [4.69, 9.17) is 9.26 Å². The van der Waals surface area contributed by atoms with Crippen molar-refractivity contribution < 1.29 is 18.8 Å². The molecular weight excluding hydrogens is 392 g/mol. The van der Waals surface area contributed by atoms with Crippen molar-refractivity contribution >= 4 is 28.3 Å². The first-order valence-corrected chi connectivity index (χ1v) is 10.00. The Morgan fingerprint density at radius 2 is 2.14 bits per heavy atom. The number of anilines is 1. The third kappa shape index (κ3) is 3.86. The molecule has 8 nitrogen and oxygen atoms in total. The summed E-state index contributed by atoms with van der Waals surface area (Å²) in [6, 6.07) is 9.28. The number of likely N-dealkylation sites (N-methyl/N-ethyl adjacent to an activating group) is 1. The van der Waals surface area contributed by atoms with Gasteiger partial charge in [0.2, 0.25) is 11.8 Å². The van der Waals surface area contributed by atoms with Crippen molar-refractivity contribution in [2.24, 2.45) is 0 Å². The minimum absolute atomic E-state index is 0.125. The van der Waals surface area contributed by atoms with E-state index in [-0.39, 0.29) is 18.2 Å². The standard InChI is InChI=1S/C20H20N4O4S/c1-21-17(25)9-13-11-29-19(22-13)23-18(26)20(6-7-20)16-10-15(28-24-16)12-4-3-5-14(8-12)27-2/h3-5,8,10-11H,6-7,9H2,1-2H3,(H,21,25)(H,22,23,26). The molecule has 1 saturated carbocycles. The van der Waals surface area contributed by atoms with Crippen molar-refractivity contribution in [2.75, 3.05) is 19.5 Å². The van der Waals surface area contributed by atoms with Crippen LogP contribution in [0.5, 0.6) is 5.75 Å². The van der Waals surface area contributed by atoms with Crippen LogP contribution in [0.25, 0.3) is 11.3 Å². The van der Waals surface area contributed by atoms with E-state index in [0.717, 1.165) is 11.3 Å². The van der Waals surface area contributed by atoms with E-state index < -0.39 is 5.41 Å². The Kier molecular flexibility index (Phi) is 5.06. The van der Waals surface area contributed by atoms with Crippen LogP contribution in [0.4, 0.5) is 5.13 Å². The molecule has 1 fully saturated rings. The highest BCUT2D eigenvalue weighted by Gasteiger charge is 2.54. The summed E-state index contributed by atoms with van der Waals surface area (Å²) in [5.74, 6) is 1.01. The Morgan fingerprint density at radius 3 is 2.86 bits per heavy atom. The molecule has 9 heteroatoms. The number of methoxy groups -OCH3 is 1. The van der Waals surface area contributed by atoms with Gasteiger partial charge in [-0.1, -0.05) is 17.3 Å². The topological polar surface area (TPSA) is 106 Å². The molecule has 1 aliphatic carbocycles. The van der Waals surface area contributed by atoms with E-state index in [1.165, 1.54) is 11.3 Å². The van der Waals surface area contributed by atoms with E-state index >= 15 is 0 Å². The third-order valence-electron chi connectivity index (χ3n) is 4.93. The minimum Gasteiger partial charge on any atom is -0.497 e. The Morgan fingerprint density at radius 1 is 1.31 bits per heavy atom. The third-order valence-corrected chi connectivity index (χ3v) is 5.74. The molecule has 2 heterocycles. The van der Waals surface area contributed by atoms with Gasteiger partial charge in [-0.25, -0.2) is 4.98 Å². The molecule has 1 aromatic carbocycles. The Labute approximate surface area is 171 Å². The molecule has 0 radical (unpaired) electrons. The van der Waals surface area contributed by atoms with Gasteiger partial charge in [-0.15, -0.1) is 11.3 Å². The van der Waals surface area contributed by atoms with Crippen LogP contribution in [-0.2, 0) is 21.4 Å². The van der Waals surface area contributed by atoms with Crippen molar-refractivity contribution in [3.8, 4) is 17.1 Å². The quantitative estimate of drug-likeness (QED) is 0.618. The molecule has 1 aliphatic rings. The number of thiazole rings is 1. The number of nitrogens with zero attached hydrogens (tertiary/aromatic N) is 2. The summed E-state index contributed by atoms with van der Waals surface area (Å²) in [5.41, 5.74) is 1.36. The molecule has 0 aliphatic heterocycles. The van der Waals surface area contributed by atoms with E-state index in [2.05, 4.69) is 20.8 Å². The first-order chi connectivity index (χ1) is 14.0. The lowest BCUT2D eigenvalue weighted by Crippen LogP contribution is -2.28. The highest BCUT2D eigenvalue weighted by atomic mass is 32.1. The first kappa shape index (κ1) is 19.1.